The van der Waals surface area contributed by atoms with Gasteiger partial charge in [-0.05, 0) is 30.3 Å². The number of amides is 1. The highest BCUT2D eigenvalue weighted by molar-refractivity contribution is 7.08. The molecule has 1 aliphatic heterocycles. The van der Waals surface area contributed by atoms with Gasteiger partial charge < -0.3 is 4.90 Å². The summed E-state index contributed by atoms with van der Waals surface area (Å²) in [5, 5.41) is 4.09. The smallest absolute Gasteiger partial charge is 0.267 e. The number of likely N-dealkylation sites (tertiary alicyclic amines) is 1. The number of hydrogen-bond acceptors (Lipinski definition) is 4. The van der Waals surface area contributed by atoms with Gasteiger partial charge >= 0.3 is 0 Å². The van der Waals surface area contributed by atoms with Crippen LogP contribution in [0.1, 0.15) is 60.8 Å². The van der Waals surface area contributed by atoms with Crippen molar-refractivity contribution >= 4 is 29.0 Å². The number of aromatic nitrogens is 2. The van der Waals surface area contributed by atoms with Gasteiger partial charge in [-0.25, -0.2) is 0 Å². The van der Waals surface area contributed by atoms with Crippen molar-refractivity contribution in [3.05, 3.63) is 10.6 Å². The van der Waals surface area contributed by atoms with Crippen molar-refractivity contribution in [3.8, 4) is 0 Å². The highest BCUT2D eigenvalue weighted by Gasteiger charge is 2.29. The predicted molar refractivity (Wildman–Crippen MR) is 78.0 cm³/mol. The third kappa shape index (κ3) is 3.26. The van der Waals surface area contributed by atoms with Crippen molar-refractivity contribution in [3.63, 3.8) is 0 Å². The van der Waals surface area contributed by atoms with Gasteiger partial charge in [-0.3, -0.25) is 4.79 Å². The van der Waals surface area contributed by atoms with Crippen LogP contribution in [0, 0.1) is 0 Å². The zero-order valence-electron chi connectivity index (χ0n) is 11.4. The first-order valence-electron chi connectivity index (χ1n) is 6.84. The lowest BCUT2D eigenvalue weighted by Crippen LogP contribution is -2.41. The summed E-state index contributed by atoms with van der Waals surface area (Å²) in [4.78, 5) is 15.3. The normalized spacial score (nSPS) is 20.6. The lowest BCUT2D eigenvalue weighted by molar-refractivity contribution is 0.0703. The third-order valence-corrected chi connectivity index (χ3v) is 4.66. The molecule has 0 aromatic carbocycles. The minimum atomic E-state index is 0.0613. The Balaban J connectivity index is 2.23. The Kier molecular flexibility index (Phi) is 5.16. The van der Waals surface area contributed by atoms with Crippen molar-refractivity contribution in [2.24, 2.45) is 0 Å². The molecule has 1 unspecified atom stereocenters. The van der Waals surface area contributed by atoms with E-state index < -0.39 is 0 Å². The molecule has 1 saturated heterocycles. The molecule has 1 aromatic heterocycles. The fourth-order valence-electron chi connectivity index (χ4n) is 2.46. The first kappa shape index (κ1) is 14.7. The van der Waals surface area contributed by atoms with Crippen LogP contribution in [0.5, 0.6) is 0 Å². The number of nitrogens with zero attached hydrogens (tertiary/aromatic N) is 3. The van der Waals surface area contributed by atoms with E-state index in [1.54, 1.807) is 0 Å². The molecule has 0 spiro atoms. The van der Waals surface area contributed by atoms with E-state index in [0.717, 1.165) is 31.5 Å². The molecule has 0 saturated carbocycles. The maximum Gasteiger partial charge on any atom is 0.267 e. The van der Waals surface area contributed by atoms with Gasteiger partial charge in [0.25, 0.3) is 5.91 Å². The largest absolute Gasteiger partial charge is 0.334 e. The second kappa shape index (κ2) is 6.66. The van der Waals surface area contributed by atoms with E-state index >= 15 is 0 Å². The van der Waals surface area contributed by atoms with Gasteiger partial charge in [0, 0.05) is 18.5 Å². The Hall–Kier alpha value is -0.680. The highest BCUT2D eigenvalue weighted by Crippen LogP contribution is 2.25. The standard InChI is InChI=1S/C13H20ClN3OS/c1-9(2)11-12(19-16-15-11)13(18)17-7-5-3-4-6-10(17)8-14/h9-10H,3-8H2,1-2H3. The Morgan fingerprint density at radius 2 is 2.26 bits per heavy atom. The van der Waals surface area contributed by atoms with E-state index in [-0.39, 0.29) is 17.9 Å². The van der Waals surface area contributed by atoms with Gasteiger partial charge in [0.15, 0.2) is 0 Å². The van der Waals surface area contributed by atoms with Crippen LogP contribution in [0.15, 0.2) is 0 Å². The van der Waals surface area contributed by atoms with Crippen molar-refractivity contribution in [1.29, 1.82) is 0 Å². The second-order valence-corrected chi connectivity index (χ2v) is 6.36. The van der Waals surface area contributed by atoms with Crippen molar-refractivity contribution in [2.45, 2.75) is 51.5 Å². The SMILES string of the molecule is CC(C)c1nnsc1C(=O)N1CCCCCC1CCl. The summed E-state index contributed by atoms with van der Waals surface area (Å²) in [5.41, 5.74) is 0.813. The van der Waals surface area contributed by atoms with Crippen LogP contribution in [0.25, 0.3) is 0 Å². The zero-order chi connectivity index (χ0) is 13.8. The maximum atomic E-state index is 12.7. The van der Waals surface area contributed by atoms with Gasteiger partial charge in [-0.15, -0.1) is 16.7 Å². The third-order valence-electron chi connectivity index (χ3n) is 3.57. The molecule has 0 radical (unpaired) electrons. The number of carbonyl (C=O) groups is 1. The summed E-state index contributed by atoms with van der Waals surface area (Å²) >= 11 is 7.24. The summed E-state index contributed by atoms with van der Waals surface area (Å²) < 4.78 is 3.94. The molecule has 1 amide bonds. The van der Waals surface area contributed by atoms with Gasteiger partial charge in [-0.2, -0.15) is 0 Å². The molecular formula is C13H20ClN3OS. The summed E-state index contributed by atoms with van der Waals surface area (Å²) in [6.45, 7) is 4.87. The summed E-state index contributed by atoms with van der Waals surface area (Å²) in [5.74, 6) is 0.792. The van der Waals surface area contributed by atoms with Crippen LogP contribution < -0.4 is 0 Å². The van der Waals surface area contributed by atoms with Crippen LogP contribution in [0.3, 0.4) is 0 Å². The molecular weight excluding hydrogens is 282 g/mol. The Morgan fingerprint density at radius 3 is 2.95 bits per heavy atom. The van der Waals surface area contributed by atoms with Crippen molar-refractivity contribution < 1.29 is 4.79 Å². The van der Waals surface area contributed by atoms with E-state index in [0.29, 0.717) is 10.8 Å². The Morgan fingerprint density at radius 1 is 1.47 bits per heavy atom. The van der Waals surface area contributed by atoms with Gasteiger partial charge in [0.2, 0.25) is 0 Å². The molecule has 1 aromatic rings. The number of halogens is 1. The van der Waals surface area contributed by atoms with Crippen LogP contribution in [0.2, 0.25) is 0 Å². The average molecular weight is 302 g/mol. The lowest BCUT2D eigenvalue weighted by Gasteiger charge is -2.28. The molecule has 6 heteroatoms. The number of rotatable bonds is 3. The van der Waals surface area contributed by atoms with Crippen LogP contribution in [-0.4, -0.2) is 38.9 Å². The van der Waals surface area contributed by atoms with E-state index in [1.165, 1.54) is 18.0 Å². The zero-order valence-corrected chi connectivity index (χ0v) is 13.0. The molecule has 106 valence electrons. The number of alkyl halides is 1. The monoisotopic (exact) mass is 301 g/mol. The minimum Gasteiger partial charge on any atom is -0.334 e. The van der Waals surface area contributed by atoms with Gasteiger partial charge in [-0.1, -0.05) is 31.2 Å². The molecule has 19 heavy (non-hydrogen) atoms. The highest BCUT2D eigenvalue weighted by atomic mass is 35.5. The average Bonchev–Trinajstić information content (AvgIpc) is 2.76. The second-order valence-electron chi connectivity index (χ2n) is 5.30. The van der Waals surface area contributed by atoms with Crippen molar-refractivity contribution in [1.82, 2.24) is 14.5 Å². The lowest BCUT2D eigenvalue weighted by atomic mass is 10.1. The van der Waals surface area contributed by atoms with Crippen LogP contribution in [-0.2, 0) is 0 Å². The fourth-order valence-corrected chi connectivity index (χ4v) is 3.56. The van der Waals surface area contributed by atoms with E-state index in [9.17, 15) is 4.79 Å². The maximum absolute atomic E-state index is 12.7. The molecule has 4 nitrogen and oxygen atoms in total. The van der Waals surface area contributed by atoms with Gasteiger partial charge in [0.05, 0.1) is 5.69 Å². The van der Waals surface area contributed by atoms with Crippen molar-refractivity contribution in [2.75, 3.05) is 12.4 Å². The van der Waals surface area contributed by atoms with E-state index in [1.807, 2.05) is 18.7 Å². The van der Waals surface area contributed by atoms with Gasteiger partial charge in [0.1, 0.15) is 4.88 Å². The number of hydrogen-bond donors (Lipinski definition) is 0. The summed E-state index contributed by atoms with van der Waals surface area (Å²) in [7, 11) is 0. The molecule has 1 atom stereocenters. The van der Waals surface area contributed by atoms with Crippen LogP contribution >= 0.6 is 23.1 Å². The molecule has 0 N–H and O–H groups in total. The first-order chi connectivity index (χ1) is 9.15. The molecule has 2 rings (SSSR count). The molecule has 0 aliphatic carbocycles. The molecule has 1 fully saturated rings. The van der Waals surface area contributed by atoms with Crippen LogP contribution in [0.4, 0.5) is 0 Å². The minimum absolute atomic E-state index is 0.0613. The summed E-state index contributed by atoms with van der Waals surface area (Å²) in [6, 6.07) is 0.152. The van der Waals surface area contributed by atoms with E-state index in [4.69, 9.17) is 11.6 Å². The molecule has 1 aliphatic rings. The first-order valence-corrected chi connectivity index (χ1v) is 8.15. The molecule has 2 heterocycles. The topological polar surface area (TPSA) is 46.1 Å². The van der Waals surface area contributed by atoms with E-state index in [2.05, 4.69) is 9.59 Å². The molecule has 0 bridgehead atoms. The Labute approximate surface area is 123 Å². The number of carbonyl (C=O) groups excluding carboxylic acids is 1. The quantitative estimate of drug-likeness (QED) is 0.805. The summed E-state index contributed by atoms with van der Waals surface area (Å²) in [6.07, 6.45) is 4.38. The fraction of sp³-hybridized carbons (Fsp3) is 0.769. The Bertz CT molecular complexity index is 435. The predicted octanol–water partition coefficient (Wildman–Crippen LogP) is 3.29.